The molecule has 0 bridgehead atoms. The standard InChI is InChI=1S/C13H19NO5S2/c1-2-19-12-3-5-13(6-4-12)21(17,18)14-9-11-7-8-20(15,16)10-11/h3-6,11,14H,2,7-10H2,1H3/t11-/m0/s1. The van der Waals surface area contributed by atoms with Gasteiger partial charge in [0.05, 0.1) is 23.0 Å². The molecule has 1 saturated heterocycles. The van der Waals surface area contributed by atoms with Gasteiger partial charge < -0.3 is 4.74 Å². The molecular formula is C13H19NO5S2. The monoisotopic (exact) mass is 333 g/mol. The lowest BCUT2D eigenvalue weighted by Gasteiger charge is -2.11. The Labute approximate surface area is 125 Å². The molecule has 1 aliphatic heterocycles. The Kier molecular flexibility index (Phi) is 4.90. The number of sulfone groups is 1. The van der Waals surface area contributed by atoms with E-state index in [1.54, 1.807) is 12.1 Å². The van der Waals surface area contributed by atoms with Crippen molar-refractivity contribution in [3.8, 4) is 5.75 Å². The first-order chi connectivity index (χ1) is 9.82. The molecular weight excluding hydrogens is 314 g/mol. The summed E-state index contributed by atoms with van der Waals surface area (Å²) in [5.41, 5.74) is 0. The third kappa shape index (κ3) is 4.42. The summed E-state index contributed by atoms with van der Waals surface area (Å²) in [6, 6.07) is 6.13. The van der Waals surface area contributed by atoms with E-state index >= 15 is 0 Å². The van der Waals surface area contributed by atoms with Crippen LogP contribution in [-0.4, -0.2) is 41.5 Å². The van der Waals surface area contributed by atoms with Crippen molar-refractivity contribution in [3.05, 3.63) is 24.3 Å². The SMILES string of the molecule is CCOc1ccc(S(=O)(=O)NC[C@@H]2CCS(=O)(=O)C2)cc1. The van der Waals surface area contributed by atoms with Crippen molar-refractivity contribution >= 4 is 19.9 Å². The predicted octanol–water partition coefficient (Wildman–Crippen LogP) is 0.798. The summed E-state index contributed by atoms with van der Waals surface area (Å²) in [5.74, 6) is 0.659. The van der Waals surface area contributed by atoms with Gasteiger partial charge >= 0.3 is 0 Å². The lowest BCUT2D eigenvalue weighted by molar-refractivity contribution is 0.340. The highest BCUT2D eigenvalue weighted by Crippen LogP contribution is 2.19. The number of hydrogen-bond acceptors (Lipinski definition) is 5. The molecule has 1 aromatic rings. The summed E-state index contributed by atoms with van der Waals surface area (Å²) in [4.78, 5) is 0.145. The van der Waals surface area contributed by atoms with Crippen molar-refractivity contribution in [1.82, 2.24) is 4.72 Å². The molecule has 1 aromatic carbocycles. The molecule has 118 valence electrons. The van der Waals surface area contributed by atoms with Gasteiger partial charge in [-0.15, -0.1) is 0 Å². The zero-order valence-corrected chi connectivity index (χ0v) is 13.4. The quantitative estimate of drug-likeness (QED) is 0.831. The van der Waals surface area contributed by atoms with Crippen LogP contribution in [0.15, 0.2) is 29.2 Å². The molecule has 6 nitrogen and oxygen atoms in total. The molecule has 1 fully saturated rings. The fraction of sp³-hybridized carbons (Fsp3) is 0.538. The van der Waals surface area contributed by atoms with Crippen LogP contribution >= 0.6 is 0 Å². The van der Waals surface area contributed by atoms with E-state index in [0.717, 1.165) is 0 Å². The zero-order valence-electron chi connectivity index (χ0n) is 11.8. The summed E-state index contributed by atoms with van der Waals surface area (Å²) in [6.45, 7) is 2.51. The Bertz CT molecular complexity index is 680. The predicted molar refractivity (Wildman–Crippen MR) is 79.6 cm³/mol. The molecule has 0 unspecified atom stereocenters. The molecule has 0 spiro atoms. The third-order valence-corrected chi connectivity index (χ3v) is 6.61. The van der Waals surface area contributed by atoms with Gasteiger partial charge in [0.1, 0.15) is 5.75 Å². The molecule has 0 aliphatic carbocycles. The number of sulfonamides is 1. The molecule has 0 radical (unpaired) electrons. The minimum absolute atomic E-state index is 0.0544. The van der Waals surface area contributed by atoms with Crippen molar-refractivity contribution in [3.63, 3.8) is 0 Å². The van der Waals surface area contributed by atoms with E-state index in [9.17, 15) is 16.8 Å². The van der Waals surface area contributed by atoms with Crippen LogP contribution in [-0.2, 0) is 19.9 Å². The molecule has 21 heavy (non-hydrogen) atoms. The summed E-state index contributed by atoms with van der Waals surface area (Å²) >= 11 is 0. The molecule has 8 heteroatoms. The van der Waals surface area contributed by atoms with Gasteiger partial charge in [-0.05, 0) is 43.5 Å². The molecule has 0 amide bonds. The van der Waals surface area contributed by atoms with Crippen LogP contribution < -0.4 is 9.46 Å². The van der Waals surface area contributed by atoms with E-state index in [2.05, 4.69) is 4.72 Å². The number of ether oxygens (including phenoxy) is 1. The maximum Gasteiger partial charge on any atom is 0.240 e. The largest absolute Gasteiger partial charge is 0.494 e. The highest BCUT2D eigenvalue weighted by atomic mass is 32.2. The van der Waals surface area contributed by atoms with Gasteiger partial charge in [0, 0.05) is 6.54 Å². The van der Waals surface area contributed by atoms with Crippen LogP contribution in [0.5, 0.6) is 5.75 Å². The van der Waals surface area contributed by atoms with E-state index in [1.807, 2.05) is 6.92 Å². The first kappa shape index (κ1) is 16.3. The van der Waals surface area contributed by atoms with Crippen LogP contribution in [0.2, 0.25) is 0 Å². The summed E-state index contributed by atoms with van der Waals surface area (Å²) in [5, 5.41) is 0. The van der Waals surface area contributed by atoms with Crippen molar-refractivity contribution in [1.29, 1.82) is 0 Å². The Morgan fingerprint density at radius 1 is 1.29 bits per heavy atom. The van der Waals surface area contributed by atoms with Crippen LogP contribution in [0.3, 0.4) is 0 Å². The number of benzene rings is 1. The number of nitrogens with one attached hydrogen (secondary N) is 1. The van der Waals surface area contributed by atoms with E-state index in [0.29, 0.717) is 18.8 Å². The van der Waals surface area contributed by atoms with Crippen LogP contribution in [0.1, 0.15) is 13.3 Å². The molecule has 1 heterocycles. The third-order valence-electron chi connectivity index (χ3n) is 3.33. The average Bonchev–Trinajstić information content (AvgIpc) is 2.77. The molecule has 1 atom stereocenters. The van der Waals surface area contributed by atoms with Crippen LogP contribution in [0.25, 0.3) is 0 Å². The molecule has 2 rings (SSSR count). The molecule has 0 saturated carbocycles. The van der Waals surface area contributed by atoms with Gasteiger partial charge in [-0.25, -0.2) is 21.6 Å². The second-order valence-corrected chi connectivity index (χ2v) is 9.02. The van der Waals surface area contributed by atoms with Gasteiger partial charge in [0.15, 0.2) is 9.84 Å². The van der Waals surface area contributed by atoms with E-state index in [-0.39, 0.29) is 28.9 Å². The lowest BCUT2D eigenvalue weighted by Crippen LogP contribution is -2.29. The minimum atomic E-state index is -3.62. The second kappa shape index (κ2) is 6.33. The van der Waals surface area contributed by atoms with Crippen molar-refractivity contribution in [2.24, 2.45) is 5.92 Å². The molecule has 1 aliphatic rings. The fourth-order valence-corrected chi connectivity index (χ4v) is 5.20. The number of rotatable bonds is 6. The first-order valence-corrected chi connectivity index (χ1v) is 10.1. The molecule has 0 aromatic heterocycles. The smallest absolute Gasteiger partial charge is 0.240 e. The van der Waals surface area contributed by atoms with Gasteiger partial charge in [0.25, 0.3) is 0 Å². The van der Waals surface area contributed by atoms with Crippen LogP contribution in [0, 0.1) is 5.92 Å². The van der Waals surface area contributed by atoms with Crippen molar-refractivity contribution in [2.75, 3.05) is 24.7 Å². The Balaban J connectivity index is 1.98. The summed E-state index contributed by atoms with van der Waals surface area (Å²) < 4.78 is 54.7. The highest BCUT2D eigenvalue weighted by Gasteiger charge is 2.28. The second-order valence-electron chi connectivity index (χ2n) is 5.03. The van der Waals surface area contributed by atoms with Crippen molar-refractivity contribution < 1.29 is 21.6 Å². The number of hydrogen-bond donors (Lipinski definition) is 1. The Hall–Kier alpha value is -1.12. The van der Waals surface area contributed by atoms with Gasteiger partial charge in [-0.3, -0.25) is 0 Å². The van der Waals surface area contributed by atoms with Crippen LogP contribution in [0.4, 0.5) is 0 Å². The maximum absolute atomic E-state index is 12.1. The summed E-state index contributed by atoms with van der Waals surface area (Å²) in [6.07, 6.45) is 0.508. The summed E-state index contributed by atoms with van der Waals surface area (Å²) in [7, 11) is -6.61. The van der Waals surface area contributed by atoms with Gasteiger partial charge in [-0.1, -0.05) is 0 Å². The first-order valence-electron chi connectivity index (χ1n) is 6.75. The van der Waals surface area contributed by atoms with Gasteiger partial charge in [-0.2, -0.15) is 0 Å². The van der Waals surface area contributed by atoms with E-state index in [4.69, 9.17) is 4.74 Å². The maximum atomic E-state index is 12.1. The zero-order chi connectivity index (χ0) is 15.5. The van der Waals surface area contributed by atoms with E-state index in [1.165, 1.54) is 12.1 Å². The normalized spacial score (nSPS) is 21.3. The van der Waals surface area contributed by atoms with Gasteiger partial charge in [0.2, 0.25) is 10.0 Å². The Morgan fingerprint density at radius 2 is 1.95 bits per heavy atom. The highest BCUT2D eigenvalue weighted by molar-refractivity contribution is 7.91. The fourth-order valence-electron chi connectivity index (χ4n) is 2.23. The minimum Gasteiger partial charge on any atom is -0.494 e. The Morgan fingerprint density at radius 3 is 2.48 bits per heavy atom. The lowest BCUT2D eigenvalue weighted by atomic mass is 10.1. The topological polar surface area (TPSA) is 89.5 Å². The molecule has 1 N–H and O–H groups in total. The van der Waals surface area contributed by atoms with Crippen molar-refractivity contribution in [2.45, 2.75) is 18.2 Å². The van der Waals surface area contributed by atoms with E-state index < -0.39 is 19.9 Å². The average molecular weight is 333 g/mol.